The van der Waals surface area contributed by atoms with Gasteiger partial charge in [0.05, 0.1) is 6.10 Å². The van der Waals surface area contributed by atoms with E-state index >= 15 is 0 Å². The quantitative estimate of drug-likeness (QED) is 0.690. The van der Waals surface area contributed by atoms with Gasteiger partial charge in [0.15, 0.2) is 8.32 Å². The van der Waals surface area contributed by atoms with Crippen molar-refractivity contribution >= 4 is 8.32 Å². The topological polar surface area (TPSA) is 18.5 Å². The Hall–Kier alpha value is -0.643. The van der Waals surface area contributed by atoms with Crippen molar-refractivity contribution in [2.24, 2.45) is 11.3 Å². The highest BCUT2D eigenvalue weighted by molar-refractivity contribution is 6.69. The summed E-state index contributed by atoms with van der Waals surface area (Å²) in [5, 5.41) is 0. The molecule has 0 radical (unpaired) electrons. The lowest BCUT2D eigenvalue weighted by molar-refractivity contribution is -0.335. The van der Waals surface area contributed by atoms with Gasteiger partial charge >= 0.3 is 0 Å². The van der Waals surface area contributed by atoms with E-state index in [1.165, 1.54) is 5.56 Å². The van der Waals surface area contributed by atoms with Crippen molar-refractivity contribution in [2.45, 2.75) is 72.1 Å². The molecule has 1 fully saturated rings. The van der Waals surface area contributed by atoms with E-state index in [0.29, 0.717) is 5.92 Å². The predicted octanol–water partition coefficient (Wildman–Crippen LogP) is 5.42. The molecule has 2 rings (SSSR count). The lowest BCUT2D eigenvalue weighted by Gasteiger charge is -2.64. The monoisotopic (exact) mass is 320 g/mol. The van der Waals surface area contributed by atoms with Crippen molar-refractivity contribution in [3.05, 3.63) is 35.9 Å². The second kappa shape index (κ2) is 5.77. The van der Waals surface area contributed by atoms with Gasteiger partial charge in [0.25, 0.3) is 0 Å². The highest BCUT2D eigenvalue weighted by Gasteiger charge is 2.66. The van der Waals surface area contributed by atoms with Crippen molar-refractivity contribution < 1.29 is 9.16 Å². The maximum atomic E-state index is 6.88. The lowest BCUT2D eigenvalue weighted by atomic mass is 9.62. The average Bonchev–Trinajstić information content (AvgIpc) is 2.33. The molecular formula is C19H32O2Si. The minimum absolute atomic E-state index is 0.0149. The van der Waals surface area contributed by atoms with Crippen molar-refractivity contribution in [3.8, 4) is 0 Å². The van der Waals surface area contributed by atoms with Gasteiger partial charge in [-0.05, 0) is 36.5 Å². The second-order valence-corrected chi connectivity index (χ2v) is 13.3. The van der Waals surface area contributed by atoms with Crippen LogP contribution in [-0.4, -0.2) is 20.0 Å². The van der Waals surface area contributed by atoms with Crippen molar-refractivity contribution in [1.29, 1.82) is 0 Å². The van der Waals surface area contributed by atoms with Crippen LogP contribution in [0.2, 0.25) is 19.6 Å². The van der Waals surface area contributed by atoms with E-state index in [4.69, 9.17) is 9.16 Å². The summed E-state index contributed by atoms with van der Waals surface area (Å²) in [5.41, 5.74) is 0.987. The molecule has 0 saturated carbocycles. The van der Waals surface area contributed by atoms with Crippen LogP contribution >= 0.6 is 0 Å². The first-order valence-electron chi connectivity index (χ1n) is 8.39. The van der Waals surface area contributed by atoms with E-state index in [1.807, 2.05) is 0 Å². The standard InChI is InChI=1S/C19H32O2Si/c1-14(2)16-19(18(3,4)5,21-22(6,7)8)17(20-16)15-12-10-9-11-13-15/h9-14,16-17H,1-8H3/t16-,17+,19+/m0/s1. The van der Waals surface area contributed by atoms with Gasteiger partial charge in [-0.15, -0.1) is 0 Å². The van der Waals surface area contributed by atoms with Crippen LogP contribution in [-0.2, 0) is 9.16 Å². The maximum absolute atomic E-state index is 6.88. The third-order valence-electron chi connectivity index (χ3n) is 4.45. The summed E-state index contributed by atoms with van der Waals surface area (Å²) in [4.78, 5) is 0. The molecule has 0 bridgehead atoms. The molecule has 1 aromatic rings. The number of hydrogen-bond acceptors (Lipinski definition) is 2. The molecule has 0 N–H and O–H groups in total. The van der Waals surface area contributed by atoms with Gasteiger partial charge in [0.1, 0.15) is 11.7 Å². The van der Waals surface area contributed by atoms with Gasteiger partial charge in [-0.25, -0.2) is 0 Å². The highest BCUT2D eigenvalue weighted by atomic mass is 28.4. The number of hydrogen-bond donors (Lipinski definition) is 0. The molecule has 3 heteroatoms. The van der Waals surface area contributed by atoms with Crippen LogP contribution in [0.5, 0.6) is 0 Å². The van der Waals surface area contributed by atoms with E-state index in [9.17, 15) is 0 Å². The second-order valence-electron chi connectivity index (χ2n) is 8.85. The molecule has 0 unspecified atom stereocenters. The third kappa shape index (κ3) is 3.04. The van der Waals surface area contributed by atoms with Crippen LogP contribution in [0, 0.1) is 11.3 Å². The molecule has 1 saturated heterocycles. The Bertz CT molecular complexity index is 498. The van der Waals surface area contributed by atoms with Gasteiger partial charge in [-0.2, -0.15) is 0 Å². The molecule has 0 spiro atoms. The van der Waals surface area contributed by atoms with Crippen LogP contribution in [0.15, 0.2) is 30.3 Å². The SMILES string of the molecule is CC(C)[C@@H]1O[C@H](c2ccccc2)[C@@]1(O[Si](C)(C)C)C(C)(C)C. The van der Waals surface area contributed by atoms with Gasteiger partial charge in [0.2, 0.25) is 0 Å². The van der Waals surface area contributed by atoms with Crippen LogP contribution in [0.4, 0.5) is 0 Å². The van der Waals surface area contributed by atoms with Gasteiger partial charge in [0, 0.05) is 0 Å². The van der Waals surface area contributed by atoms with E-state index in [0.717, 1.165) is 0 Å². The first kappa shape index (κ1) is 17.7. The van der Waals surface area contributed by atoms with Crippen LogP contribution < -0.4 is 0 Å². The minimum atomic E-state index is -1.71. The van der Waals surface area contributed by atoms with Gasteiger partial charge in [-0.1, -0.05) is 65.0 Å². The summed E-state index contributed by atoms with van der Waals surface area (Å²) in [6, 6.07) is 10.6. The molecule has 1 heterocycles. The van der Waals surface area contributed by atoms with Crippen molar-refractivity contribution in [2.75, 3.05) is 0 Å². The van der Waals surface area contributed by atoms with Gasteiger partial charge in [-0.3, -0.25) is 0 Å². The van der Waals surface area contributed by atoms with Gasteiger partial charge < -0.3 is 9.16 Å². The number of benzene rings is 1. The molecular weight excluding hydrogens is 288 g/mol. The first-order chi connectivity index (χ1) is 9.99. The summed E-state index contributed by atoms with van der Waals surface area (Å²) < 4.78 is 13.3. The summed E-state index contributed by atoms with van der Waals surface area (Å²) in [7, 11) is -1.71. The zero-order valence-corrected chi connectivity index (χ0v) is 16.4. The minimum Gasteiger partial charge on any atom is -0.406 e. The lowest BCUT2D eigenvalue weighted by Crippen LogP contribution is -2.72. The number of ether oxygens (including phenoxy) is 1. The molecule has 1 aromatic carbocycles. The highest BCUT2D eigenvalue weighted by Crippen LogP contribution is 2.59. The van der Waals surface area contributed by atoms with Crippen LogP contribution in [0.25, 0.3) is 0 Å². The fraction of sp³-hybridized carbons (Fsp3) is 0.684. The fourth-order valence-corrected chi connectivity index (χ4v) is 5.17. The summed E-state index contributed by atoms with van der Waals surface area (Å²) in [6.07, 6.45) is 0.164. The molecule has 2 nitrogen and oxygen atoms in total. The van der Waals surface area contributed by atoms with E-state index in [1.54, 1.807) is 0 Å². The van der Waals surface area contributed by atoms with Crippen molar-refractivity contribution in [1.82, 2.24) is 0 Å². The average molecular weight is 321 g/mol. The zero-order chi connectivity index (χ0) is 16.8. The van der Waals surface area contributed by atoms with Crippen molar-refractivity contribution in [3.63, 3.8) is 0 Å². The van der Waals surface area contributed by atoms with Crippen LogP contribution in [0.1, 0.15) is 46.3 Å². The molecule has 1 aliphatic rings. The largest absolute Gasteiger partial charge is 0.406 e. The maximum Gasteiger partial charge on any atom is 0.184 e. The Morgan fingerprint density at radius 2 is 1.64 bits per heavy atom. The Balaban J connectivity index is 2.51. The third-order valence-corrected chi connectivity index (χ3v) is 5.40. The fourth-order valence-electron chi connectivity index (χ4n) is 3.62. The molecule has 22 heavy (non-hydrogen) atoms. The Morgan fingerprint density at radius 3 is 2.05 bits per heavy atom. The summed E-state index contributed by atoms with van der Waals surface area (Å²) >= 11 is 0. The first-order valence-corrected chi connectivity index (χ1v) is 11.8. The Morgan fingerprint density at radius 1 is 1.09 bits per heavy atom. The Kier molecular flexibility index (Phi) is 4.64. The summed E-state index contributed by atoms with van der Waals surface area (Å²) in [5.74, 6) is 0.440. The molecule has 1 aliphatic heterocycles. The number of rotatable bonds is 4. The molecule has 0 amide bonds. The molecule has 0 aliphatic carbocycles. The zero-order valence-electron chi connectivity index (χ0n) is 15.4. The van der Waals surface area contributed by atoms with E-state index in [2.05, 4.69) is 84.6 Å². The van der Waals surface area contributed by atoms with Crippen LogP contribution in [0.3, 0.4) is 0 Å². The normalized spacial score (nSPS) is 29.5. The smallest absolute Gasteiger partial charge is 0.184 e. The Labute approximate surface area is 137 Å². The molecule has 0 aromatic heterocycles. The summed E-state index contributed by atoms with van der Waals surface area (Å²) in [6.45, 7) is 18.2. The molecule has 124 valence electrons. The molecule has 3 atom stereocenters. The van der Waals surface area contributed by atoms with E-state index in [-0.39, 0.29) is 23.2 Å². The van der Waals surface area contributed by atoms with E-state index < -0.39 is 8.32 Å². The predicted molar refractivity (Wildman–Crippen MR) is 95.5 cm³/mol.